The highest BCUT2D eigenvalue weighted by molar-refractivity contribution is 9.10. The fourth-order valence-corrected chi connectivity index (χ4v) is 1.35. The molecule has 2 rings (SSSR count). The Bertz CT molecular complexity index is 497. The number of halogens is 1. The number of hydrogen-bond acceptors (Lipinski definition) is 5. The lowest BCUT2D eigenvalue weighted by Gasteiger charge is -2.10. The molecule has 1 N–H and O–H groups in total. The highest BCUT2D eigenvalue weighted by Crippen LogP contribution is 2.09. The van der Waals surface area contributed by atoms with Gasteiger partial charge < -0.3 is 5.32 Å². The second kappa shape index (κ2) is 5.00. The van der Waals surface area contributed by atoms with Gasteiger partial charge in [-0.1, -0.05) is 0 Å². The van der Waals surface area contributed by atoms with Crippen LogP contribution in [0.4, 0.5) is 5.82 Å². The van der Waals surface area contributed by atoms with E-state index in [0.717, 1.165) is 0 Å². The summed E-state index contributed by atoms with van der Waals surface area (Å²) in [5.74, 6) is 0.164. The van der Waals surface area contributed by atoms with Gasteiger partial charge >= 0.3 is 0 Å². The molecule has 1 unspecified atom stereocenters. The van der Waals surface area contributed by atoms with Gasteiger partial charge in [-0.25, -0.2) is 19.6 Å². The number of anilines is 1. The molecule has 1 amide bonds. The first-order valence-electron chi connectivity index (χ1n) is 4.79. The fraction of sp³-hybridized carbons (Fsp3) is 0.222. The summed E-state index contributed by atoms with van der Waals surface area (Å²) in [4.78, 5) is 23.6. The van der Waals surface area contributed by atoms with Gasteiger partial charge in [-0.05, 0) is 22.9 Å². The second-order valence-electron chi connectivity index (χ2n) is 3.27. The number of aromatic nitrogens is 5. The summed E-state index contributed by atoms with van der Waals surface area (Å²) in [6.07, 6.45) is 5.84. The lowest BCUT2D eigenvalue weighted by molar-refractivity contribution is -0.119. The first kappa shape index (κ1) is 11.6. The van der Waals surface area contributed by atoms with Gasteiger partial charge in [0, 0.05) is 0 Å². The lowest BCUT2D eigenvalue weighted by atomic mass is 10.3. The van der Waals surface area contributed by atoms with Gasteiger partial charge in [-0.2, -0.15) is 5.10 Å². The molecule has 0 saturated heterocycles. The Labute approximate surface area is 105 Å². The van der Waals surface area contributed by atoms with Gasteiger partial charge in [0.2, 0.25) is 5.91 Å². The van der Waals surface area contributed by atoms with E-state index in [9.17, 15) is 4.79 Å². The Hall–Kier alpha value is -1.83. The van der Waals surface area contributed by atoms with Crippen LogP contribution in [-0.4, -0.2) is 30.6 Å². The van der Waals surface area contributed by atoms with E-state index in [-0.39, 0.29) is 5.91 Å². The molecule has 0 aromatic carbocycles. The standard InChI is InChI=1S/C9H9BrN6O/c1-6(16-5-11-4-14-16)9(17)15-8-3-12-7(10)2-13-8/h2-6H,1H3,(H,13,15,17). The Morgan fingerprint density at radius 2 is 2.29 bits per heavy atom. The van der Waals surface area contributed by atoms with E-state index in [1.54, 1.807) is 6.92 Å². The third-order valence-corrected chi connectivity index (χ3v) is 2.49. The number of hydrogen-bond donors (Lipinski definition) is 1. The quantitative estimate of drug-likeness (QED) is 0.914. The Morgan fingerprint density at radius 3 is 2.88 bits per heavy atom. The van der Waals surface area contributed by atoms with Crippen molar-refractivity contribution >= 4 is 27.7 Å². The number of amides is 1. The summed E-state index contributed by atoms with van der Waals surface area (Å²) in [6, 6.07) is -0.456. The molecule has 0 spiro atoms. The van der Waals surface area contributed by atoms with Crippen LogP contribution >= 0.6 is 15.9 Å². The van der Waals surface area contributed by atoms with Crippen molar-refractivity contribution in [2.24, 2.45) is 0 Å². The predicted molar refractivity (Wildman–Crippen MR) is 63.1 cm³/mol. The lowest BCUT2D eigenvalue weighted by Crippen LogP contribution is -2.24. The molecule has 7 nitrogen and oxygen atoms in total. The van der Waals surface area contributed by atoms with E-state index < -0.39 is 6.04 Å². The van der Waals surface area contributed by atoms with Gasteiger partial charge in [0.05, 0.1) is 12.4 Å². The van der Waals surface area contributed by atoms with Crippen molar-refractivity contribution in [1.82, 2.24) is 24.7 Å². The van der Waals surface area contributed by atoms with Crippen LogP contribution in [0.15, 0.2) is 29.7 Å². The molecule has 0 aliphatic heterocycles. The van der Waals surface area contributed by atoms with Gasteiger partial charge in [0.1, 0.15) is 23.3 Å². The second-order valence-corrected chi connectivity index (χ2v) is 4.08. The molecule has 2 heterocycles. The third-order valence-electron chi connectivity index (χ3n) is 2.08. The van der Waals surface area contributed by atoms with E-state index in [1.807, 2.05) is 0 Å². The first-order valence-corrected chi connectivity index (χ1v) is 5.58. The van der Waals surface area contributed by atoms with E-state index in [2.05, 4.69) is 41.3 Å². The van der Waals surface area contributed by atoms with E-state index in [1.165, 1.54) is 29.7 Å². The smallest absolute Gasteiger partial charge is 0.250 e. The minimum atomic E-state index is -0.456. The molecule has 0 saturated carbocycles. The van der Waals surface area contributed by atoms with Crippen LogP contribution in [0.25, 0.3) is 0 Å². The van der Waals surface area contributed by atoms with E-state index in [4.69, 9.17) is 0 Å². The molecule has 2 aromatic heterocycles. The van der Waals surface area contributed by atoms with Gasteiger partial charge in [0.15, 0.2) is 5.82 Å². The summed E-state index contributed by atoms with van der Waals surface area (Å²) in [5.41, 5.74) is 0. The third kappa shape index (κ3) is 2.84. The van der Waals surface area contributed by atoms with Crippen LogP contribution in [0.5, 0.6) is 0 Å². The van der Waals surface area contributed by atoms with Crippen molar-refractivity contribution < 1.29 is 4.79 Å². The molecule has 0 aliphatic rings. The van der Waals surface area contributed by atoms with Gasteiger partial charge in [0.25, 0.3) is 0 Å². The van der Waals surface area contributed by atoms with Crippen molar-refractivity contribution in [1.29, 1.82) is 0 Å². The monoisotopic (exact) mass is 296 g/mol. The van der Waals surface area contributed by atoms with Crippen LogP contribution in [0.1, 0.15) is 13.0 Å². The molecule has 88 valence electrons. The van der Waals surface area contributed by atoms with Crippen LogP contribution in [0.2, 0.25) is 0 Å². The summed E-state index contributed by atoms with van der Waals surface area (Å²) >= 11 is 3.16. The van der Waals surface area contributed by atoms with E-state index in [0.29, 0.717) is 10.4 Å². The minimum Gasteiger partial charge on any atom is -0.308 e. The number of carbonyl (C=O) groups is 1. The molecular weight excluding hydrogens is 288 g/mol. The van der Waals surface area contributed by atoms with Crippen molar-refractivity contribution in [3.05, 3.63) is 29.7 Å². The van der Waals surface area contributed by atoms with Crippen LogP contribution in [0, 0.1) is 0 Å². The van der Waals surface area contributed by atoms with E-state index >= 15 is 0 Å². The zero-order valence-corrected chi connectivity index (χ0v) is 10.5. The largest absolute Gasteiger partial charge is 0.308 e. The Kier molecular flexibility index (Phi) is 3.43. The SMILES string of the molecule is CC(C(=O)Nc1cnc(Br)cn1)n1cncn1. The first-order chi connectivity index (χ1) is 8.16. The minimum absolute atomic E-state index is 0.230. The maximum Gasteiger partial charge on any atom is 0.250 e. The molecule has 0 aliphatic carbocycles. The maximum atomic E-state index is 11.8. The van der Waals surface area contributed by atoms with Crippen LogP contribution in [0.3, 0.4) is 0 Å². The molecule has 8 heteroatoms. The molecule has 0 radical (unpaired) electrons. The van der Waals surface area contributed by atoms with Crippen molar-refractivity contribution in [3.63, 3.8) is 0 Å². The molecule has 0 bridgehead atoms. The summed E-state index contributed by atoms with van der Waals surface area (Å²) in [5, 5.41) is 6.53. The number of nitrogens with zero attached hydrogens (tertiary/aromatic N) is 5. The highest BCUT2D eigenvalue weighted by Gasteiger charge is 2.15. The normalized spacial score (nSPS) is 12.1. The van der Waals surface area contributed by atoms with Crippen molar-refractivity contribution in [2.45, 2.75) is 13.0 Å². The summed E-state index contributed by atoms with van der Waals surface area (Å²) in [7, 11) is 0. The molecule has 2 aromatic rings. The van der Waals surface area contributed by atoms with Gasteiger partial charge in [-0.3, -0.25) is 4.79 Å². The Balaban J connectivity index is 2.04. The summed E-state index contributed by atoms with van der Waals surface area (Å²) < 4.78 is 2.07. The zero-order chi connectivity index (χ0) is 12.3. The molecular formula is C9H9BrN6O. The van der Waals surface area contributed by atoms with Crippen molar-refractivity contribution in [2.75, 3.05) is 5.32 Å². The topological polar surface area (TPSA) is 85.6 Å². The Morgan fingerprint density at radius 1 is 1.47 bits per heavy atom. The van der Waals surface area contributed by atoms with Crippen molar-refractivity contribution in [3.8, 4) is 0 Å². The fourth-order valence-electron chi connectivity index (χ4n) is 1.15. The molecule has 0 fully saturated rings. The van der Waals surface area contributed by atoms with Crippen LogP contribution in [-0.2, 0) is 4.79 Å². The number of rotatable bonds is 3. The zero-order valence-electron chi connectivity index (χ0n) is 8.91. The molecule has 17 heavy (non-hydrogen) atoms. The highest BCUT2D eigenvalue weighted by atomic mass is 79.9. The predicted octanol–water partition coefficient (Wildman–Crippen LogP) is 1.03. The van der Waals surface area contributed by atoms with Crippen LogP contribution < -0.4 is 5.32 Å². The number of carbonyl (C=O) groups excluding carboxylic acids is 1. The van der Waals surface area contributed by atoms with Gasteiger partial charge in [-0.15, -0.1) is 0 Å². The average Bonchev–Trinajstić information content (AvgIpc) is 2.84. The average molecular weight is 297 g/mol. The summed E-state index contributed by atoms with van der Waals surface area (Å²) in [6.45, 7) is 1.72. The maximum absolute atomic E-state index is 11.8. The number of nitrogens with one attached hydrogen (secondary N) is 1. The molecule has 1 atom stereocenters.